The van der Waals surface area contributed by atoms with Crippen molar-refractivity contribution in [1.29, 1.82) is 0 Å². The number of benzene rings is 1. The molecule has 0 spiro atoms. The van der Waals surface area contributed by atoms with E-state index < -0.39 is 34.8 Å². The molecule has 8 nitrogen and oxygen atoms in total. The van der Waals surface area contributed by atoms with E-state index in [1.807, 2.05) is 0 Å². The predicted molar refractivity (Wildman–Crippen MR) is 106 cm³/mol. The Kier molecular flexibility index (Phi) is 6.10. The van der Waals surface area contributed by atoms with E-state index in [0.717, 1.165) is 4.47 Å². The van der Waals surface area contributed by atoms with Crippen molar-refractivity contribution >= 4 is 33.8 Å². The molecular formula is C19H26BrN3O5. The number of amides is 3. The first-order valence-corrected chi connectivity index (χ1v) is 9.59. The van der Waals surface area contributed by atoms with Gasteiger partial charge in [-0.2, -0.15) is 0 Å². The molecule has 1 atom stereocenters. The zero-order chi connectivity index (χ0) is 21.3. The zero-order valence-electron chi connectivity index (χ0n) is 16.9. The lowest BCUT2D eigenvalue weighted by Gasteiger charge is -2.39. The molecule has 2 rings (SSSR count). The minimum Gasteiger partial charge on any atom is -0.444 e. The van der Waals surface area contributed by atoms with Crippen LogP contribution in [0.3, 0.4) is 0 Å². The van der Waals surface area contributed by atoms with Crippen LogP contribution in [0.15, 0.2) is 28.7 Å². The largest absolute Gasteiger partial charge is 0.444 e. The lowest BCUT2D eigenvalue weighted by molar-refractivity contribution is -0.133. The van der Waals surface area contributed by atoms with Gasteiger partial charge in [-0.05, 0) is 65.8 Å². The number of hydrogen-bond acceptors (Lipinski definition) is 5. The third-order valence-electron chi connectivity index (χ3n) is 4.20. The van der Waals surface area contributed by atoms with Crippen molar-refractivity contribution in [2.75, 3.05) is 6.61 Å². The number of halogens is 1. The molecule has 0 radical (unpaired) electrons. The Morgan fingerprint density at radius 1 is 1.11 bits per heavy atom. The maximum Gasteiger partial charge on any atom is 0.413 e. The van der Waals surface area contributed by atoms with Crippen LogP contribution in [0.1, 0.15) is 51.9 Å². The highest BCUT2D eigenvalue weighted by Gasteiger charge is 2.57. The standard InChI is InChI=1S/C19H26BrN3O5/c1-17(2,3)28-16(26)23-18(4,5)27-11-19(23,6)15(25)22-21-14(24)12-7-9-13(20)10-8-12/h7-10H,11H2,1-6H3,(H,21,24)(H,22,25). The number of rotatable bonds is 2. The number of hydrazine groups is 1. The molecule has 154 valence electrons. The number of carbonyl (C=O) groups is 3. The summed E-state index contributed by atoms with van der Waals surface area (Å²) in [5, 5.41) is 0. The van der Waals surface area contributed by atoms with Crippen LogP contribution in [0.4, 0.5) is 4.79 Å². The third-order valence-corrected chi connectivity index (χ3v) is 4.73. The van der Waals surface area contributed by atoms with E-state index >= 15 is 0 Å². The maximum absolute atomic E-state index is 12.9. The number of carbonyl (C=O) groups excluding carboxylic acids is 3. The first kappa shape index (κ1) is 22.2. The summed E-state index contributed by atoms with van der Waals surface area (Å²) in [5.74, 6) is -1.07. The van der Waals surface area contributed by atoms with Gasteiger partial charge < -0.3 is 9.47 Å². The monoisotopic (exact) mass is 455 g/mol. The Labute approximate surface area is 173 Å². The summed E-state index contributed by atoms with van der Waals surface area (Å²) in [6.45, 7) is 10.1. The summed E-state index contributed by atoms with van der Waals surface area (Å²) >= 11 is 3.30. The lowest BCUT2D eigenvalue weighted by Crippen LogP contribution is -2.63. The minimum absolute atomic E-state index is 0.0424. The van der Waals surface area contributed by atoms with Crippen LogP contribution in [0.2, 0.25) is 0 Å². The van der Waals surface area contributed by atoms with Gasteiger partial charge in [-0.15, -0.1) is 0 Å². The third kappa shape index (κ3) is 4.82. The predicted octanol–water partition coefficient (Wildman–Crippen LogP) is 2.97. The molecule has 1 heterocycles. The summed E-state index contributed by atoms with van der Waals surface area (Å²) in [5.41, 5.74) is 1.98. The number of nitrogens with one attached hydrogen (secondary N) is 2. The SMILES string of the molecule is CC(C)(C)OC(=O)N1C(C)(C)OCC1(C)C(=O)NNC(=O)c1ccc(Br)cc1. The minimum atomic E-state index is -1.36. The van der Waals surface area contributed by atoms with E-state index in [0.29, 0.717) is 5.56 Å². The quantitative estimate of drug-likeness (QED) is 0.668. The lowest BCUT2D eigenvalue weighted by atomic mass is 10.0. The molecule has 3 amide bonds. The molecule has 28 heavy (non-hydrogen) atoms. The van der Waals surface area contributed by atoms with E-state index in [1.54, 1.807) is 65.8 Å². The summed E-state index contributed by atoms with van der Waals surface area (Å²) in [7, 11) is 0. The van der Waals surface area contributed by atoms with Crippen LogP contribution >= 0.6 is 15.9 Å². The first-order valence-electron chi connectivity index (χ1n) is 8.80. The van der Waals surface area contributed by atoms with Gasteiger partial charge in [0, 0.05) is 10.0 Å². The second-order valence-electron chi connectivity index (χ2n) is 8.24. The summed E-state index contributed by atoms with van der Waals surface area (Å²) in [6, 6.07) is 6.66. The molecule has 0 aromatic heterocycles. The van der Waals surface area contributed by atoms with E-state index in [4.69, 9.17) is 9.47 Å². The van der Waals surface area contributed by atoms with Gasteiger partial charge in [0.15, 0.2) is 0 Å². The van der Waals surface area contributed by atoms with Gasteiger partial charge >= 0.3 is 6.09 Å². The fourth-order valence-electron chi connectivity index (χ4n) is 2.86. The molecular weight excluding hydrogens is 430 g/mol. The van der Waals surface area contributed by atoms with Crippen molar-refractivity contribution in [2.24, 2.45) is 0 Å². The summed E-state index contributed by atoms with van der Waals surface area (Å²) < 4.78 is 12.0. The van der Waals surface area contributed by atoms with Crippen LogP contribution in [0.5, 0.6) is 0 Å². The maximum atomic E-state index is 12.9. The van der Waals surface area contributed by atoms with Crippen LogP contribution in [0.25, 0.3) is 0 Å². The zero-order valence-corrected chi connectivity index (χ0v) is 18.5. The average molecular weight is 456 g/mol. The van der Waals surface area contributed by atoms with Crippen molar-refractivity contribution in [1.82, 2.24) is 15.8 Å². The topological polar surface area (TPSA) is 97.0 Å². The molecule has 0 saturated carbocycles. The smallest absolute Gasteiger partial charge is 0.413 e. The molecule has 1 aliphatic heterocycles. The Balaban J connectivity index is 2.13. The molecule has 1 unspecified atom stereocenters. The van der Waals surface area contributed by atoms with Crippen LogP contribution in [0, 0.1) is 0 Å². The Bertz CT molecular complexity index is 773. The van der Waals surface area contributed by atoms with Gasteiger partial charge in [0.25, 0.3) is 11.8 Å². The van der Waals surface area contributed by atoms with Gasteiger partial charge in [0.2, 0.25) is 0 Å². The van der Waals surface area contributed by atoms with Crippen molar-refractivity contribution in [2.45, 2.75) is 58.4 Å². The second-order valence-corrected chi connectivity index (χ2v) is 9.16. The molecule has 9 heteroatoms. The van der Waals surface area contributed by atoms with E-state index in [9.17, 15) is 14.4 Å². The Morgan fingerprint density at radius 3 is 2.21 bits per heavy atom. The van der Waals surface area contributed by atoms with Crippen molar-refractivity contribution < 1.29 is 23.9 Å². The molecule has 0 bridgehead atoms. The first-order chi connectivity index (χ1) is 12.8. The molecule has 1 aromatic carbocycles. The molecule has 0 aliphatic carbocycles. The van der Waals surface area contributed by atoms with Gasteiger partial charge in [-0.25, -0.2) is 4.79 Å². The Morgan fingerprint density at radius 2 is 1.68 bits per heavy atom. The molecule has 1 fully saturated rings. The van der Waals surface area contributed by atoms with E-state index in [1.165, 1.54) is 4.90 Å². The highest BCUT2D eigenvalue weighted by molar-refractivity contribution is 9.10. The van der Waals surface area contributed by atoms with E-state index in [-0.39, 0.29) is 6.61 Å². The number of ether oxygens (including phenoxy) is 2. The van der Waals surface area contributed by atoms with Crippen molar-refractivity contribution in [3.05, 3.63) is 34.3 Å². The normalized spacial score (nSPS) is 21.2. The summed E-state index contributed by atoms with van der Waals surface area (Å²) in [6.07, 6.45) is -0.674. The Hall–Kier alpha value is -2.13. The van der Waals surface area contributed by atoms with Crippen LogP contribution in [-0.2, 0) is 14.3 Å². The number of nitrogens with zero attached hydrogens (tertiary/aromatic N) is 1. The van der Waals surface area contributed by atoms with Gasteiger partial charge in [0.1, 0.15) is 16.9 Å². The van der Waals surface area contributed by atoms with E-state index in [2.05, 4.69) is 26.8 Å². The highest BCUT2D eigenvalue weighted by Crippen LogP contribution is 2.36. The second kappa shape index (κ2) is 7.71. The molecule has 2 N–H and O–H groups in total. The fraction of sp³-hybridized carbons (Fsp3) is 0.526. The summed E-state index contributed by atoms with van der Waals surface area (Å²) in [4.78, 5) is 39.1. The molecule has 1 saturated heterocycles. The highest BCUT2D eigenvalue weighted by atomic mass is 79.9. The van der Waals surface area contributed by atoms with Crippen molar-refractivity contribution in [3.8, 4) is 0 Å². The van der Waals surface area contributed by atoms with Gasteiger partial charge in [0.05, 0.1) is 6.61 Å². The van der Waals surface area contributed by atoms with Gasteiger partial charge in [-0.3, -0.25) is 25.3 Å². The van der Waals surface area contributed by atoms with Crippen molar-refractivity contribution in [3.63, 3.8) is 0 Å². The number of hydrogen-bond donors (Lipinski definition) is 2. The van der Waals surface area contributed by atoms with Crippen LogP contribution in [-0.4, -0.2) is 46.3 Å². The fourth-order valence-corrected chi connectivity index (χ4v) is 3.12. The van der Waals surface area contributed by atoms with Gasteiger partial charge in [-0.1, -0.05) is 15.9 Å². The van der Waals surface area contributed by atoms with Crippen LogP contribution < -0.4 is 10.9 Å². The molecule has 1 aromatic rings. The molecule has 1 aliphatic rings. The average Bonchev–Trinajstić information content (AvgIpc) is 2.82.